The zero-order chi connectivity index (χ0) is 27.2. The minimum Gasteiger partial charge on any atom is -0.545 e. The summed E-state index contributed by atoms with van der Waals surface area (Å²) in [6.07, 6.45) is 5.83. The lowest BCUT2D eigenvalue weighted by Gasteiger charge is -2.44. The number of carbonyl (C=O) groups excluding carboxylic acids is 1. The quantitative estimate of drug-likeness (QED) is 0.149. The molecule has 0 fully saturated rings. The van der Waals surface area contributed by atoms with Crippen LogP contribution in [0.2, 0.25) is 16.6 Å². The minimum absolute atomic E-state index is 0.0257. The van der Waals surface area contributed by atoms with Gasteiger partial charge >= 0.3 is 0 Å². The molecule has 0 aliphatic heterocycles. The normalized spacial score (nSPS) is 16.6. The highest BCUT2D eigenvalue weighted by Crippen LogP contribution is 2.46. The average molecular weight is 521 g/mol. The van der Waals surface area contributed by atoms with E-state index in [4.69, 9.17) is 4.43 Å². The summed E-state index contributed by atoms with van der Waals surface area (Å²) in [7, 11) is -2.16. The first kappa shape index (κ1) is 28.4. The Morgan fingerprint density at radius 1 is 1.00 bits per heavy atom. The van der Waals surface area contributed by atoms with Crippen LogP contribution in [0, 0.1) is 10.1 Å². The lowest BCUT2D eigenvalue weighted by Crippen LogP contribution is -2.48. The monoisotopic (exact) mass is 520 g/mol. The fraction of sp³-hybridized carbons (Fsp3) is 0.433. The molecule has 37 heavy (non-hydrogen) atoms. The third-order valence-corrected chi connectivity index (χ3v) is 13.5. The van der Waals surface area contributed by atoms with E-state index in [0.29, 0.717) is 16.6 Å². The van der Waals surface area contributed by atoms with Crippen molar-refractivity contribution in [2.75, 3.05) is 0 Å². The number of carbonyl (C=O) groups is 1. The molecule has 7 heteroatoms. The Labute approximate surface area is 222 Å². The van der Waals surface area contributed by atoms with Crippen molar-refractivity contribution in [1.82, 2.24) is 5.32 Å². The van der Waals surface area contributed by atoms with Crippen molar-refractivity contribution in [2.24, 2.45) is 0 Å². The Bertz CT molecular complexity index is 1120. The van der Waals surface area contributed by atoms with Crippen molar-refractivity contribution in [1.29, 1.82) is 0 Å². The summed E-state index contributed by atoms with van der Waals surface area (Å²) in [5.41, 5.74) is 4.29. The summed E-state index contributed by atoms with van der Waals surface area (Å²) in [4.78, 5) is 23.4. The standard InChI is InChI=1S/C30H40N2O4Si/c1-21(2)37(22(3)4,23(5)6)36-28-14-10-13-27(30(28)25-11-8-7-9-12-25)31-29(33)20-17-24-15-18-26(19-16-24)32(34)35/h7-9,11-12,15-23,27H,10,13-14H2,1-6H3,(H,31,33). The van der Waals surface area contributed by atoms with Crippen molar-refractivity contribution >= 4 is 31.6 Å². The molecule has 0 aromatic heterocycles. The molecule has 0 spiro atoms. The maximum Gasteiger partial charge on any atom is 0.269 e. The molecule has 1 N–H and O–H groups in total. The predicted octanol–water partition coefficient (Wildman–Crippen LogP) is 7.88. The second-order valence-corrected chi connectivity index (χ2v) is 16.1. The number of amides is 1. The molecule has 0 bridgehead atoms. The molecular formula is C30H40N2O4Si. The van der Waals surface area contributed by atoms with E-state index in [1.54, 1.807) is 18.2 Å². The van der Waals surface area contributed by atoms with Crippen LogP contribution in [0.4, 0.5) is 5.69 Å². The largest absolute Gasteiger partial charge is 0.545 e. The lowest BCUT2D eigenvalue weighted by molar-refractivity contribution is -0.384. The van der Waals surface area contributed by atoms with Crippen molar-refractivity contribution in [3.05, 3.63) is 87.7 Å². The molecule has 1 aliphatic carbocycles. The van der Waals surface area contributed by atoms with Gasteiger partial charge in [0.2, 0.25) is 5.91 Å². The Kier molecular flexibility index (Phi) is 9.48. The maximum atomic E-state index is 13.0. The first-order valence-corrected chi connectivity index (χ1v) is 15.4. The molecule has 0 saturated carbocycles. The van der Waals surface area contributed by atoms with Crippen LogP contribution in [0.25, 0.3) is 11.6 Å². The number of non-ortho nitro benzene ring substituents is 1. The van der Waals surface area contributed by atoms with Crippen molar-refractivity contribution < 1.29 is 14.1 Å². The molecular weight excluding hydrogens is 480 g/mol. The summed E-state index contributed by atoms with van der Waals surface area (Å²) in [6, 6.07) is 16.2. The van der Waals surface area contributed by atoms with E-state index in [0.717, 1.165) is 41.7 Å². The lowest BCUT2D eigenvalue weighted by atomic mass is 9.87. The second kappa shape index (κ2) is 12.4. The molecule has 0 radical (unpaired) electrons. The van der Waals surface area contributed by atoms with Crippen LogP contribution in [-0.2, 0) is 9.22 Å². The molecule has 1 atom stereocenters. The third-order valence-electron chi connectivity index (χ3n) is 7.48. The zero-order valence-corrected chi connectivity index (χ0v) is 23.9. The number of nitro groups is 1. The second-order valence-electron chi connectivity index (χ2n) is 10.8. The molecule has 6 nitrogen and oxygen atoms in total. The van der Waals surface area contributed by atoms with E-state index in [-0.39, 0.29) is 17.6 Å². The van der Waals surface area contributed by atoms with Crippen LogP contribution in [0.15, 0.2) is 66.4 Å². The number of allylic oxidation sites excluding steroid dienone is 1. The summed E-state index contributed by atoms with van der Waals surface area (Å²) < 4.78 is 7.20. The average Bonchev–Trinajstić information content (AvgIpc) is 2.86. The fourth-order valence-corrected chi connectivity index (χ4v) is 11.2. The number of hydrogen-bond donors (Lipinski definition) is 1. The molecule has 1 aliphatic rings. The first-order valence-electron chi connectivity index (χ1n) is 13.3. The van der Waals surface area contributed by atoms with Gasteiger partial charge in [-0.1, -0.05) is 71.9 Å². The number of hydrogen-bond acceptors (Lipinski definition) is 4. The highest BCUT2D eigenvalue weighted by Gasteiger charge is 2.48. The van der Waals surface area contributed by atoms with Gasteiger partial charge in [0.05, 0.1) is 16.7 Å². The van der Waals surface area contributed by atoms with Gasteiger partial charge in [-0.15, -0.1) is 0 Å². The molecule has 1 amide bonds. The van der Waals surface area contributed by atoms with Crippen LogP contribution in [-0.4, -0.2) is 25.2 Å². The van der Waals surface area contributed by atoms with E-state index in [1.807, 2.05) is 18.2 Å². The van der Waals surface area contributed by atoms with E-state index >= 15 is 0 Å². The summed E-state index contributed by atoms with van der Waals surface area (Å²) >= 11 is 0. The van der Waals surface area contributed by atoms with Crippen LogP contribution in [0.3, 0.4) is 0 Å². The minimum atomic E-state index is -2.16. The smallest absolute Gasteiger partial charge is 0.269 e. The third kappa shape index (κ3) is 6.58. The number of rotatable bonds is 10. The summed E-state index contributed by atoms with van der Waals surface area (Å²) in [6.45, 7) is 13.8. The van der Waals surface area contributed by atoms with Gasteiger partial charge in [0.1, 0.15) is 0 Å². The van der Waals surface area contributed by atoms with Crippen LogP contribution in [0.5, 0.6) is 0 Å². The summed E-state index contributed by atoms with van der Waals surface area (Å²) in [5, 5.41) is 14.1. The Hall–Kier alpha value is -3.19. The zero-order valence-electron chi connectivity index (χ0n) is 22.9. The van der Waals surface area contributed by atoms with Gasteiger partial charge in [-0.2, -0.15) is 0 Å². The van der Waals surface area contributed by atoms with E-state index in [2.05, 4.69) is 59.0 Å². The van der Waals surface area contributed by atoms with E-state index in [1.165, 1.54) is 18.2 Å². The summed E-state index contributed by atoms with van der Waals surface area (Å²) in [5.74, 6) is 0.836. The Morgan fingerprint density at radius 2 is 1.59 bits per heavy atom. The van der Waals surface area contributed by atoms with Gasteiger partial charge in [-0.3, -0.25) is 14.9 Å². The molecule has 1 unspecified atom stereocenters. The van der Waals surface area contributed by atoms with Crippen LogP contribution < -0.4 is 5.32 Å². The van der Waals surface area contributed by atoms with E-state index in [9.17, 15) is 14.9 Å². The molecule has 2 aromatic rings. The Balaban J connectivity index is 1.93. The van der Waals surface area contributed by atoms with Crippen LogP contribution in [0.1, 0.15) is 71.9 Å². The highest BCUT2D eigenvalue weighted by molar-refractivity contribution is 6.78. The number of nitrogens with zero attached hydrogens (tertiary/aromatic N) is 1. The fourth-order valence-electron chi connectivity index (χ4n) is 5.84. The SMILES string of the molecule is CC(C)[Si](OC1=C(c2ccccc2)C(NC(=O)C=Cc2ccc([N+](=O)[O-])cc2)CCC1)(C(C)C)C(C)C. The molecule has 198 valence electrons. The van der Waals surface area contributed by atoms with Gasteiger partial charge in [0.25, 0.3) is 14.0 Å². The molecule has 0 heterocycles. The van der Waals surface area contributed by atoms with Gasteiger partial charge in [-0.05, 0) is 58.8 Å². The Morgan fingerprint density at radius 3 is 2.14 bits per heavy atom. The van der Waals surface area contributed by atoms with Gasteiger partial charge in [0.15, 0.2) is 0 Å². The topological polar surface area (TPSA) is 81.5 Å². The molecule has 2 aromatic carbocycles. The number of nitrogens with one attached hydrogen (secondary N) is 1. The molecule has 0 saturated heterocycles. The van der Waals surface area contributed by atoms with Gasteiger partial charge in [-0.25, -0.2) is 0 Å². The van der Waals surface area contributed by atoms with E-state index < -0.39 is 13.2 Å². The molecule has 3 rings (SSSR count). The maximum absolute atomic E-state index is 13.0. The van der Waals surface area contributed by atoms with Crippen LogP contribution >= 0.6 is 0 Å². The number of benzene rings is 2. The van der Waals surface area contributed by atoms with Gasteiger partial charge in [0, 0.05) is 30.2 Å². The highest BCUT2D eigenvalue weighted by atomic mass is 28.4. The van der Waals surface area contributed by atoms with Crippen molar-refractivity contribution in [3.63, 3.8) is 0 Å². The van der Waals surface area contributed by atoms with Crippen molar-refractivity contribution in [3.8, 4) is 0 Å². The first-order chi connectivity index (χ1) is 17.6. The predicted molar refractivity (Wildman–Crippen MR) is 153 cm³/mol. The van der Waals surface area contributed by atoms with Gasteiger partial charge < -0.3 is 9.74 Å². The van der Waals surface area contributed by atoms with Crippen molar-refractivity contribution in [2.45, 2.75) is 83.5 Å². The number of nitro benzene ring substituents is 1.